The van der Waals surface area contributed by atoms with Crippen molar-refractivity contribution in [2.24, 2.45) is 0 Å². The summed E-state index contributed by atoms with van der Waals surface area (Å²) in [6.07, 6.45) is 0. The summed E-state index contributed by atoms with van der Waals surface area (Å²) in [5, 5.41) is 7.42. The summed E-state index contributed by atoms with van der Waals surface area (Å²) in [4.78, 5) is 22.5. The molecule has 8 heteroatoms. The number of nitrogens with one attached hydrogen (secondary N) is 1. The number of rotatable bonds is 5. The van der Waals surface area contributed by atoms with Gasteiger partial charge in [-0.1, -0.05) is 24.2 Å². The third-order valence-electron chi connectivity index (χ3n) is 6.32. The highest BCUT2D eigenvalue weighted by Crippen LogP contribution is 2.29. The van der Waals surface area contributed by atoms with E-state index in [4.69, 9.17) is 4.52 Å². The number of amides is 1. The summed E-state index contributed by atoms with van der Waals surface area (Å²) in [5.41, 5.74) is 3.50. The number of halogens is 1. The largest absolute Gasteiger partial charge is 0.369 e. The summed E-state index contributed by atoms with van der Waals surface area (Å²) in [6, 6.07) is 15.7. The van der Waals surface area contributed by atoms with Crippen molar-refractivity contribution in [2.75, 3.05) is 42.9 Å². The third kappa shape index (κ3) is 4.24. The van der Waals surface area contributed by atoms with Gasteiger partial charge in [-0.05, 0) is 55.9 Å². The summed E-state index contributed by atoms with van der Waals surface area (Å²) >= 11 is 0. The molecule has 34 heavy (non-hydrogen) atoms. The highest BCUT2D eigenvalue weighted by Gasteiger charge is 2.21. The molecule has 0 aliphatic carbocycles. The summed E-state index contributed by atoms with van der Waals surface area (Å²) in [7, 11) is 0. The van der Waals surface area contributed by atoms with Crippen molar-refractivity contribution in [1.82, 2.24) is 15.0 Å². The highest BCUT2D eigenvalue weighted by atomic mass is 19.1. The molecular weight excluding hydrogens is 433 g/mol. The number of likely N-dealkylation sites (N-methyl/N-ethyl adjacent to an activating group) is 1. The first kappa shape index (κ1) is 22.0. The summed E-state index contributed by atoms with van der Waals surface area (Å²) < 4.78 is 19.7. The van der Waals surface area contributed by atoms with E-state index in [2.05, 4.69) is 32.2 Å². The molecule has 0 atom stereocenters. The molecule has 5 rings (SSSR count). The Bertz CT molecular complexity index is 1330. The average Bonchev–Trinajstić information content (AvgIpc) is 3.25. The van der Waals surface area contributed by atoms with E-state index in [9.17, 15) is 9.18 Å². The van der Waals surface area contributed by atoms with Crippen molar-refractivity contribution < 1.29 is 13.7 Å². The zero-order valence-corrected chi connectivity index (χ0v) is 19.2. The molecule has 0 radical (unpaired) electrons. The lowest BCUT2D eigenvalue weighted by molar-refractivity contribution is 0.102. The Morgan fingerprint density at radius 3 is 2.53 bits per heavy atom. The number of piperazine rings is 1. The van der Waals surface area contributed by atoms with E-state index in [1.54, 1.807) is 31.2 Å². The SMILES string of the molecule is CCN1CCN(c2ccc(NC(=O)c3cc(-c4ccccc4F)nc4onc(C)c34)cc2)CC1. The molecule has 0 bridgehead atoms. The Hall–Kier alpha value is -3.78. The van der Waals surface area contributed by atoms with Crippen LogP contribution in [0.5, 0.6) is 0 Å². The number of nitrogens with zero attached hydrogens (tertiary/aromatic N) is 4. The quantitative estimate of drug-likeness (QED) is 0.465. The molecule has 1 N–H and O–H groups in total. The smallest absolute Gasteiger partial charge is 0.259 e. The summed E-state index contributed by atoms with van der Waals surface area (Å²) in [5.74, 6) is -0.757. The molecule has 0 saturated carbocycles. The molecule has 1 amide bonds. The van der Waals surface area contributed by atoms with Gasteiger partial charge in [0.2, 0.25) is 0 Å². The lowest BCUT2D eigenvalue weighted by atomic mass is 10.0. The monoisotopic (exact) mass is 459 g/mol. The van der Waals surface area contributed by atoms with Gasteiger partial charge in [-0.2, -0.15) is 0 Å². The lowest BCUT2D eigenvalue weighted by Crippen LogP contribution is -2.46. The van der Waals surface area contributed by atoms with Crippen molar-refractivity contribution in [3.05, 3.63) is 71.7 Å². The van der Waals surface area contributed by atoms with Crippen LogP contribution in [0.15, 0.2) is 59.1 Å². The van der Waals surface area contributed by atoms with Crippen LogP contribution in [0, 0.1) is 12.7 Å². The molecule has 3 heterocycles. The Balaban J connectivity index is 1.40. The van der Waals surface area contributed by atoms with Crippen LogP contribution >= 0.6 is 0 Å². The molecule has 0 spiro atoms. The molecule has 2 aromatic heterocycles. The Kier molecular flexibility index (Phi) is 5.98. The first-order valence-corrected chi connectivity index (χ1v) is 11.4. The van der Waals surface area contributed by atoms with Crippen LogP contribution in [0.3, 0.4) is 0 Å². The molecule has 7 nitrogen and oxygen atoms in total. The molecule has 2 aromatic carbocycles. The third-order valence-corrected chi connectivity index (χ3v) is 6.32. The van der Waals surface area contributed by atoms with Crippen molar-refractivity contribution in [3.63, 3.8) is 0 Å². The van der Waals surface area contributed by atoms with Gasteiger partial charge in [-0.3, -0.25) is 4.79 Å². The van der Waals surface area contributed by atoms with Crippen molar-refractivity contribution >= 4 is 28.4 Å². The lowest BCUT2D eigenvalue weighted by Gasteiger charge is -2.35. The van der Waals surface area contributed by atoms with E-state index in [0.717, 1.165) is 38.4 Å². The minimum Gasteiger partial charge on any atom is -0.369 e. The number of aryl methyl sites for hydroxylation is 1. The van der Waals surface area contributed by atoms with E-state index < -0.39 is 5.82 Å². The van der Waals surface area contributed by atoms with Gasteiger partial charge < -0.3 is 19.6 Å². The van der Waals surface area contributed by atoms with E-state index >= 15 is 0 Å². The van der Waals surface area contributed by atoms with Crippen LogP contribution in [0.2, 0.25) is 0 Å². The highest BCUT2D eigenvalue weighted by molar-refractivity contribution is 6.13. The molecular formula is C26H26FN5O2. The van der Waals surface area contributed by atoms with Gasteiger partial charge in [0, 0.05) is 43.1 Å². The van der Waals surface area contributed by atoms with Gasteiger partial charge in [-0.25, -0.2) is 9.37 Å². The van der Waals surface area contributed by atoms with E-state index in [-0.39, 0.29) is 11.6 Å². The van der Waals surface area contributed by atoms with E-state index in [0.29, 0.717) is 33.6 Å². The first-order chi connectivity index (χ1) is 16.5. The Morgan fingerprint density at radius 1 is 1.09 bits per heavy atom. The number of fused-ring (bicyclic) bond motifs is 1. The maximum Gasteiger partial charge on any atom is 0.259 e. The molecule has 0 unspecified atom stereocenters. The minimum atomic E-state index is -0.424. The first-order valence-electron chi connectivity index (χ1n) is 11.4. The second-order valence-electron chi connectivity index (χ2n) is 8.41. The maximum atomic E-state index is 14.4. The molecule has 4 aromatic rings. The van der Waals surface area contributed by atoms with Gasteiger partial charge in [0.05, 0.1) is 22.3 Å². The number of aromatic nitrogens is 2. The molecule has 1 saturated heterocycles. The van der Waals surface area contributed by atoms with Gasteiger partial charge in [-0.15, -0.1) is 0 Å². The summed E-state index contributed by atoms with van der Waals surface area (Å²) in [6.45, 7) is 9.08. The number of hydrogen-bond donors (Lipinski definition) is 1. The van der Waals surface area contributed by atoms with E-state index in [1.807, 2.05) is 24.3 Å². The predicted molar refractivity (Wildman–Crippen MR) is 131 cm³/mol. The number of hydrogen-bond acceptors (Lipinski definition) is 6. The minimum absolute atomic E-state index is 0.199. The number of carbonyl (C=O) groups is 1. The normalized spacial score (nSPS) is 14.5. The average molecular weight is 460 g/mol. The molecule has 174 valence electrons. The van der Waals surface area contributed by atoms with Crippen LogP contribution in [0.4, 0.5) is 15.8 Å². The van der Waals surface area contributed by atoms with Crippen LogP contribution < -0.4 is 10.2 Å². The number of carbonyl (C=O) groups excluding carboxylic acids is 1. The second kappa shape index (κ2) is 9.23. The Morgan fingerprint density at radius 2 is 1.82 bits per heavy atom. The van der Waals surface area contributed by atoms with Crippen molar-refractivity contribution in [3.8, 4) is 11.3 Å². The fourth-order valence-corrected chi connectivity index (χ4v) is 4.36. The molecule has 1 aliphatic heterocycles. The molecule has 1 fully saturated rings. The van der Waals surface area contributed by atoms with Crippen molar-refractivity contribution in [2.45, 2.75) is 13.8 Å². The van der Waals surface area contributed by atoms with Gasteiger partial charge in [0.1, 0.15) is 5.82 Å². The van der Waals surface area contributed by atoms with E-state index in [1.165, 1.54) is 6.07 Å². The van der Waals surface area contributed by atoms with Crippen LogP contribution in [-0.4, -0.2) is 53.7 Å². The standard InChI is InChI=1S/C26H26FN5O2/c1-3-31-12-14-32(15-13-31)19-10-8-18(9-11-19)28-25(33)21-16-23(20-6-4-5-7-22(20)27)29-26-24(21)17(2)30-34-26/h4-11,16H,3,12-15H2,1-2H3,(H,28,33). The Labute approximate surface area is 197 Å². The van der Waals surface area contributed by atoms with Gasteiger partial charge in [0.15, 0.2) is 0 Å². The number of anilines is 2. The van der Waals surface area contributed by atoms with Crippen LogP contribution in [0.1, 0.15) is 23.0 Å². The van der Waals surface area contributed by atoms with Gasteiger partial charge in [0.25, 0.3) is 11.6 Å². The predicted octanol–water partition coefficient (Wildman–Crippen LogP) is 4.73. The fourth-order valence-electron chi connectivity index (χ4n) is 4.36. The molecule has 1 aliphatic rings. The second-order valence-corrected chi connectivity index (χ2v) is 8.41. The fraction of sp³-hybridized carbons (Fsp3) is 0.269. The maximum absolute atomic E-state index is 14.4. The topological polar surface area (TPSA) is 74.5 Å². The zero-order valence-electron chi connectivity index (χ0n) is 19.2. The van der Waals surface area contributed by atoms with Crippen LogP contribution in [-0.2, 0) is 0 Å². The van der Waals surface area contributed by atoms with Crippen molar-refractivity contribution in [1.29, 1.82) is 0 Å². The number of benzene rings is 2. The van der Waals surface area contributed by atoms with Crippen LogP contribution in [0.25, 0.3) is 22.4 Å². The zero-order chi connectivity index (χ0) is 23.7. The number of pyridine rings is 1. The van der Waals surface area contributed by atoms with Gasteiger partial charge >= 0.3 is 0 Å².